The molecule has 1 aromatic rings. The van der Waals surface area contributed by atoms with Crippen LogP contribution >= 0.6 is 23.2 Å². The largest absolute Gasteiger partial charge is 0.368 e. The number of nitrogens with zero attached hydrogens (tertiary/aromatic N) is 5. The van der Waals surface area contributed by atoms with Crippen molar-refractivity contribution in [3.05, 3.63) is 38.7 Å². The lowest BCUT2D eigenvalue weighted by Crippen LogP contribution is -2.47. The summed E-state index contributed by atoms with van der Waals surface area (Å²) in [5, 5.41) is 4.93. The van der Waals surface area contributed by atoms with Gasteiger partial charge in [0, 0.05) is 37.1 Å². The molecule has 0 aromatic heterocycles. The molecule has 1 saturated heterocycles. The minimum Gasteiger partial charge on any atom is -0.368 e. The molecule has 1 aromatic carbocycles. The molecule has 1 unspecified atom stereocenters. The minimum absolute atomic E-state index is 0.0513. The molecule has 114 valence electrons. The molecule has 0 radical (unpaired) electrons. The Hall–Kier alpha value is -1.13. The van der Waals surface area contributed by atoms with Crippen molar-refractivity contribution in [2.75, 3.05) is 37.6 Å². The molecule has 1 fully saturated rings. The van der Waals surface area contributed by atoms with Gasteiger partial charge < -0.3 is 4.90 Å². The third-order valence-corrected chi connectivity index (χ3v) is 4.56. The van der Waals surface area contributed by atoms with E-state index in [2.05, 4.69) is 19.8 Å². The number of hydrogen-bond donors (Lipinski definition) is 0. The summed E-state index contributed by atoms with van der Waals surface area (Å²) in [6.07, 6.45) is 0.891. The summed E-state index contributed by atoms with van der Waals surface area (Å²) in [6.45, 7) is 6.71. The van der Waals surface area contributed by atoms with Gasteiger partial charge in [-0.15, -0.1) is 0 Å². The first-order valence-corrected chi connectivity index (χ1v) is 7.83. The standard InChI is InChI=1S/C14H19Cl2N5/c1-11(18-19-17)5-6-20-7-9-21(10-8-20)13-4-2-3-12(15)14(13)16/h2-4,11H,5-10H2,1H3. The van der Waals surface area contributed by atoms with E-state index < -0.39 is 0 Å². The van der Waals surface area contributed by atoms with Crippen LogP contribution in [-0.2, 0) is 0 Å². The zero-order valence-electron chi connectivity index (χ0n) is 12.0. The predicted molar refractivity (Wildman–Crippen MR) is 88.3 cm³/mol. The maximum atomic E-state index is 8.40. The molecule has 0 aliphatic carbocycles. The summed E-state index contributed by atoms with van der Waals surface area (Å²) in [7, 11) is 0. The van der Waals surface area contributed by atoms with Gasteiger partial charge in [0.15, 0.2) is 0 Å². The van der Waals surface area contributed by atoms with E-state index in [0.717, 1.165) is 44.8 Å². The van der Waals surface area contributed by atoms with Crippen molar-refractivity contribution in [2.24, 2.45) is 5.11 Å². The van der Waals surface area contributed by atoms with Crippen LogP contribution in [0.15, 0.2) is 23.3 Å². The number of azide groups is 1. The fourth-order valence-electron chi connectivity index (χ4n) is 2.46. The van der Waals surface area contributed by atoms with Crippen molar-refractivity contribution >= 4 is 28.9 Å². The van der Waals surface area contributed by atoms with Crippen molar-refractivity contribution < 1.29 is 0 Å². The summed E-state index contributed by atoms with van der Waals surface area (Å²) in [4.78, 5) is 7.49. The van der Waals surface area contributed by atoms with Crippen LogP contribution in [0.4, 0.5) is 5.69 Å². The van der Waals surface area contributed by atoms with Crippen molar-refractivity contribution in [2.45, 2.75) is 19.4 Å². The molecule has 0 N–H and O–H groups in total. The Morgan fingerprint density at radius 2 is 2.00 bits per heavy atom. The smallest absolute Gasteiger partial charge is 0.0825 e. The lowest BCUT2D eigenvalue weighted by atomic mass is 10.2. The summed E-state index contributed by atoms with van der Waals surface area (Å²) in [5.74, 6) is 0. The third kappa shape index (κ3) is 4.42. The molecule has 1 atom stereocenters. The van der Waals surface area contributed by atoms with Gasteiger partial charge in [0.25, 0.3) is 0 Å². The highest BCUT2D eigenvalue weighted by atomic mass is 35.5. The second-order valence-electron chi connectivity index (χ2n) is 5.24. The van der Waals surface area contributed by atoms with Gasteiger partial charge >= 0.3 is 0 Å². The van der Waals surface area contributed by atoms with Crippen molar-refractivity contribution in [3.63, 3.8) is 0 Å². The first-order chi connectivity index (χ1) is 10.1. The van der Waals surface area contributed by atoms with Gasteiger partial charge in [-0.25, -0.2) is 0 Å². The SMILES string of the molecule is CC(CCN1CCN(c2cccc(Cl)c2Cl)CC1)N=[N+]=[N-]. The molecule has 1 aliphatic rings. The number of benzene rings is 1. The topological polar surface area (TPSA) is 55.2 Å². The summed E-state index contributed by atoms with van der Waals surface area (Å²) in [5.41, 5.74) is 9.40. The van der Waals surface area contributed by atoms with Crippen molar-refractivity contribution in [1.29, 1.82) is 0 Å². The number of halogens is 2. The van der Waals surface area contributed by atoms with E-state index in [1.807, 2.05) is 19.1 Å². The Morgan fingerprint density at radius 3 is 2.67 bits per heavy atom. The highest BCUT2D eigenvalue weighted by Crippen LogP contribution is 2.32. The molecule has 21 heavy (non-hydrogen) atoms. The highest BCUT2D eigenvalue weighted by Gasteiger charge is 2.19. The molecule has 7 heteroatoms. The van der Waals surface area contributed by atoms with Crippen LogP contribution in [0.2, 0.25) is 10.0 Å². The van der Waals surface area contributed by atoms with Crippen LogP contribution < -0.4 is 4.90 Å². The average Bonchev–Trinajstić information content (AvgIpc) is 2.49. The molecular formula is C14H19Cl2N5. The molecule has 0 bridgehead atoms. The predicted octanol–water partition coefficient (Wildman–Crippen LogP) is 4.20. The molecule has 1 aliphatic heterocycles. The van der Waals surface area contributed by atoms with Crippen LogP contribution in [0.3, 0.4) is 0 Å². The van der Waals surface area contributed by atoms with E-state index in [1.165, 1.54) is 0 Å². The summed E-state index contributed by atoms with van der Waals surface area (Å²) >= 11 is 12.3. The monoisotopic (exact) mass is 327 g/mol. The summed E-state index contributed by atoms with van der Waals surface area (Å²) < 4.78 is 0. The molecule has 0 amide bonds. The Kier molecular flexibility index (Phi) is 6.00. The Labute approximate surface area is 135 Å². The molecule has 5 nitrogen and oxygen atoms in total. The van der Waals surface area contributed by atoms with Crippen LogP contribution in [0, 0.1) is 0 Å². The molecule has 0 spiro atoms. The fraction of sp³-hybridized carbons (Fsp3) is 0.571. The van der Waals surface area contributed by atoms with Gasteiger partial charge in [-0.05, 0) is 30.6 Å². The number of hydrogen-bond acceptors (Lipinski definition) is 3. The Balaban J connectivity index is 1.86. The zero-order chi connectivity index (χ0) is 15.2. The lowest BCUT2D eigenvalue weighted by Gasteiger charge is -2.36. The van der Waals surface area contributed by atoms with Gasteiger partial charge in [-0.1, -0.05) is 41.3 Å². The second-order valence-corrected chi connectivity index (χ2v) is 6.03. The van der Waals surface area contributed by atoms with E-state index in [4.69, 9.17) is 28.7 Å². The molecule has 2 rings (SSSR count). The van der Waals surface area contributed by atoms with E-state index >= 15 is 0 Å². The first-order valence-electron chi connectivity index (χ1n) is 7.07. The Bertz CT molecular complexity index is 522. The number of rotatable bonds is 5. The second kappa shape index (κ2) is 7.76. The molecule has 0 saturated carbocycles. The van der Waals surface area contributed by atoms with Crippen LogP contribution in [-0.4, -0.2) is 43.7 Å². The first kappa shape index (κ1) is 16.2. The number of piperazine rings is 1. The lowest BCUT2D eigenvalue weighted by molar-refractivity contribution is 0.250. The highest BCUT2D eigenvalue weighted by molar-refractivity contribution is 6.43. The van der Waals surface area contributed by atoms with Crippen LogP contribution in [0.25, 0.3) is 10.4 Å². The zero-order valence-corrected chi connectivity index (χ0v) is 13.6. The van der Waals surface area contributed by atoms with Gasteiger partial charge in [-0.3, -0.25) is 4.90 Å². The van der Waals surface area contributed by atoms with Crippen molar-refractivity contribution in [1.82, 2.24) is 4.90 Å². The molecular weight excluding hydrogens is 309 g/mol. The maximum Gasteiger partial charge on any atom is 0.0825 e. The van der Waals surface area contributed by atoms with Crippen LogP contribution in [0.1, 0.15) is 13.3 Å². The normalized spacial score (nSPS) is 17.4. The minimum atomic E-state index is 0.0513. The van der Waals surface area contributed by atoms with Gasteiger partial charge in [0.1, 0.15) is 0 Å². The quantitative estimate of drug-likeness (QED) is 0.462. The van der Waals surface area contributed by atoms with Gasteiger partial charge in [0.2, 0.25) is 0 Å². The average molecular weight is 328 g/mol. The van der Waals surface area contributed by atoms with Crippen LogP contribution in [0.5, 0.6) is 0 Å². The summed E-state index contributed by atoms with van der Waals surface area (Å²) in [6, 6.07) is 5.79. The van der Waals surface area contributed by atoms with E-state index in [9.17, 15) is 0 Å². The van der Waals surface area contributed by atoms with E-state index in [0.29, 0.717) is 10.0 Å². The molecule has 1 heterocycles. The van der Waals surface area contributed by atoms with E-state index in [-0.39, 0.29) is 6.04 Å². The number of anilines is 1. The van der Waals surface area contributed by atoms with Gasteiger partial charge in [-0.2, -0.15) is 0 Å². The fourth-order valence-corrected chi connectivity index (χ4v) is 2.88. The van der Waals surface area contributed by atoms with Crippen molar-refractivity contribution in [3.8, 4) is 0 Å². The van der Waals surface area contributed by atoms with E-state index in [1.54, 1.807) is 6.07 Å². The maximum absolute atomic E-state index is 8.40. The van der Waals surface area contributed by atoms with Gasteiger partial charge in [0.05, 0.1) is 15.7 Å². The third-order valence-electron chi connectivity index (χ3n) is 3.76. The Morgan fingerprint density at radius 1 is 1.29 bits per heavy atom.